The Labute approximate surface area is 359 Å². The van der Waals surface area contributed by atoms with Gasteiger partial charge in [-0.25, -0.2) is 9.97 Å². The van der Waals surface area contributed by atoms with Gasteiger partial charge in [0.15, 0.2) is 0 Å². The topological polar surface area (TPSA) is 30.7 Å². The molecule has 0 radical (unpaired) electrons. The fraction of sp³-hybridized carbons (Fsp3) is 0.0508. The summed E-state index contributed by atoms with van der Waals surface area (Å²) in [6.45, 7) is 4.75. The fourth-order valence-electron chi connectivity index (χ4n) is 10.6. The molecule has 2 aromatic heterocycles. The summed E-state index contributed by atoms with van der Waals surface area (Å²) in [6.07, 6.45) is 0. The van der Waals surface area contributed by atoms with E-state index in [2.05, 4.69) is 219 Å². The summed E-state index contributed by atoms with van der Waals surface area (Å²) in [5.41, 5.74) is 15.0. The van der Waals surface area contributed by atoms with Crippen LogP contribution in [0.15, 0.2) is 200 Å². The van der Waals surface area contributed by atoms with E-state index in [1.807, 2.05) is 0 Å². The summed E-state index contributed by atoms with van der Waals surface area (Å²) in [4.78, 5) is 11.1. The van der Waals surface area contributed by atoms with E-state index in [9.17, 15) is 0 Å². The second-order valence-corrected chi connectivity index (χ2v) is 17.3. The Hall–Kier alpha value is -7.88. The number of nitrogens with zero attached hydrogens (tertiary/aromatic N) is 3. The van der Waals surface area contributed by atoms with Crippen molar-refractivity contribution in [2.75, 3.05) is 0 Å². The molecular weight excluding hydrogens is 751 g/mol. The van der Waals surface area contributed by atoms with Crippen molar-refractivity contribution in [1.29, 1.82) is 0 Å². The Kier molecular flexibility index (Phi) is 7.36. The SMILES string of the molecule is CC1(C)c2cc(-c3cccc4c5cc6ccccc6cc5n(-c5nc(-c6ccc(-c7ccccc7)c7ccccc67)c6ccccc6n5)c34)ccc2-c2c1ccc1ccccc21. The molecule has 62 heavy (non-hydrogen) atoms. The maximum absolute atomic E-state index is 5.67. The van der Waals surface area contributed by atoms with Gasteiger partial charge in [-0.1, -0.05) is 190 Å². The molecule has 13 rings (SSSR count). The van der Waals surface area contributed by atoms with Gasteiger partial charge in [-0.3, -0.25) is 4.57 Å². The Morgan fingerprint density at radius 3 is 1.85 bits per heavy atom. The van der Waals surface area contributed by atoms with Crippen LogP contribution in [0.1, 0.15) is 25.0 Å². The van der Waals surface area contributed by atoms with Gasteiger partial charge < -0.3 is 0 Å². The number of rotatable bonds is 4. The van der Waals surface area contributed by atoms with Gasteiger partial charge >= 0.3 is 0 Å². The highest BCUT2D eigenvalue weighted by atomic mass is 15.2. The zero-order chi connectivity index (χ0) is 41.1. The lowest BCUT2D eigenvalue weighted by Crippen LogP contribution is -2.15. The summed E-state index contributed by atoms with van der Waals surface area (Å²) in [7, 11) is 0. The van der Waals surface area contributed by atoms with Gasteiger partial charge in [0, 0.05) is 32.7 Å². The monoisotopic (exact) mass is 789 g/mol. The summed E-state index contributed by atoms with van der Waals surface area (Å²) in [5.74, 6) is 0.651. The van der Waals surface area contributed by atoms with Gasteiger partial charge in [0.1, 0.15) is 0 Å². The third-order valence-electron chi connectivity index (χ3n) is 13.6. The molecule has 0 saturated carbocycles. The molecule has 0 amide bonds. The van der Waals surface area contributed by atoms with Crippen LogP contribution < -0.4 is 0 Å². The number of aromatic nitrogens is 3. The number of para-hydroxylation sites is 2. The van der Waals surface area contributed by atoms with Gasteiger partial charge in [-0.05, 0) is 95.5 Å². The summed E-state index contributed by atoms with van der Waals surface area (Å²) in [5, 5.41) is 10.7. The van der Waals surface area contributed by atoms with Gasteiger partial charge in [-0.15, -0.1) is 0 Å². The average Bonchev–Trinajstić information content (AvgIpc) is 3.77. The number of hydrogen-bond acceptors (Lipinski definition) is 2. The highest BCUT2D eigenvalue weighted by Gasteiger charge is 2.37. The molecule has 3 heteroatoms. The third-order valence-corrected chi connectivity index (χ3v) is 13.6. The first kappa shape index (κ1) is 34.9. The van der Waals surface area contributed by atoms with E-state index >= 15 is 0 Å². The van der Waals surface area contributed by atoms with Crippen molar-refractivity contribution in [3.8, 4) is 50.6 Å². The summed E-state index contributed by atoms with van der Waals surface area (Å²) < 4.78 is 2.34. The van der Waals surface area contributed by atoms with Gasteiger partial charge in [0.05, 0.1) is 22.2 Å². The van der Waals surface area contributed by atoms with Crippen molar-refractivity contribution in [1.82, 2.24) is 14.5 Å². The van der Waals surface area contributed by atoms with Gasteiger partial charge in [0.25, 0.3) is 0 Å². The lowest BCUT2D eigenvalue weighted by molar-refractivity contribution is 0.661. The molecule has 290 valence electrons. The molecule has 0 bridgehead atoms. The normalized spacial score (nSPS) is 13.1. The van der Waals surface area contributed by atoms with Crippen LogP contribution in [0.3, 0.4) is 0 Å². The van der Waals surface area contributed by atoms with Crippen LogP contribution in [-0.4, -0.2) is 14.5 Å². The average molecular weight is 790 g/mol. The van der Waals surface area contributed by atoms with Crippen LogP contribution in [0, 0.1) is 0 Å². The number of benzene rings is 10. The zero-order valence-corrected chi connectivity index (χ0v) is 34.4. The maximum Gasteiger partial charge on any atom is 0.235 e. The van der Waals surface area contributed by atoms with E-state index < -0.39 is 0 Å². The van der Waals surface area contributed by atoms with Crippen molar-refractivity contribution in [2.45, 2.75) is 19.3 Å². The molecule has 0 atom stereocenters. The van der Waals surface area contributed by atoms with Crippen LogP contribution in [0.25, 0.3) is 116 Å². The summed E-state index contributed by atoms with van der Waals surface area (Å²) >= 11 is 0. The molecular formula is C59H39N3. The minimum absolute atomic E-state index is 0.168. The minimum Gasteiger partial charge on any atom is -0.277 e. The van der Waals surface area contributed by atoms with Crippen molar-refractivity contribution in [2.24, 2.45) is 0 Å². The molecule has 3 nitrogen and oxygen atoms in total. The highest BCUT2D eigenvalue weighted by Crippen LogP contribution is 2.53. The zero-order valence-electron chi connectivity index (χ0n) is 34.4. The minimum atomic E-state index is -0.168. The van der Waals surface area contributed by atoms with E-state index in [4.69, 9.17) is 9.97 Å². The second kappa shape index (κ2) is 13.1. The summed E-state index contributed by atoms with van der Waals surface area (Å²) in [6, 6.07) is 73.0. The Bertz CT molecular complexity index is 3840. The van der Waals surface area contributed by atoms with Crippen LogP contribution in [-0.2, 0) is 5.41 Å². The molecule has 10 aromatic carbocycles. The van der Waals surface area contributed by atoms with Crippen LogP contribution in [0.5, 0.6) is 0 Å². The third kappa shape index (κ3) is 5.00. The predicted molar refractivity (Wildman–Crippen MR) is 260 cm³/mol. The van der Waals surface area contributed by atoms with Crippen LogP contribution >= 0.6 is 0 Å². The predicted octanol–water partition coefficient (Wildman–Crippen LogP) is 15.5. The largest absolute Gasteiger partial charge is 0.277 e. The Balaban J connectivity index is 1.10. The maximum atomic E-state index is 5.67. The van der Waals surface area contributed by atoms with E-state index in [1.54, 1.807) is 0 Å². The molecule has 0 unspecified atom stereocenters. The van der Waals surface area contributed by atoms with E-state index in [1.165, 1.54) is 76.6 Å². The molecule has 2 heterocycles. The molecule has 0 aliphatic heterocycles. The van der Waals surface area contributed by atoms with Gasteiger partial charge in [-0.2, -0.15) is 0 Å². The van der Waals surface area contributed by atoms with E-state index in [0.717, 1.165) is 44.1 Å². The van der Waals surface area contributed by atoms with Crippen molar-refractivity contribution < 1.29 is 0 Å². The molecule has 0 spiro atoms. The molecule has 1 aliphatic rings. The second-order valence-electron chi connectivity index (χ2n) is 17.3. The molecule has 0 fully saturated rings. The fourth-order valence-corrected chi connectivity index (χ4v) is 10.6. The van der Waals surface area contributed by atoms with Crippen LogP contribution in [0.4, 0.5) is 0 Å². The van der Waals surface area contributed by atoms with Crippen molar-refractivity contribution in [3.05, 3.63) is 211 Å². The van der Waals surface area contributed by atoms with Crippen LogP contribution in [0.2, 0.25) is 0 Å². The molecule has 0 N–H and O–H groups in total. The Morgan fingerprint density at radius 1 is 0.387 bits per heavy atom. The molecule has 12 aromatic rings. The first-order chi connectivity index (χ1) is 30.5. The van der Waals surface area contributed by atoms with Crippen molar-refractivity contribution >= 4 is 65.0 Å². The lowest BCUT2D eigenvalue weighted by atomic mass is 9.81. The lowest BCUT2D eigenvalue weighted by Gasteiger charge is -2.22. The highest BCUT2D eigenvalue weighted by molar-refractivity contribution is 6.17. The van der Waals surface area contributed by atoms with Gasteiger partial charge in [0.2, 0.25) is 5.95 Å². The van der Waals surface area contributed by atoms with E-state index in [0.29, 0.717) is 5.95 Å². The molecule has 0 saturated heterocycles. The first-order valence-electron chi connectivity index (χ1n) is 21.5. The quantitative estimate of drug-likeness (QED) is 0.178. The smallest absolute Gasteiger partial charge is 0.235 e. The number of fused-ring (bicyclic) bond motifs is 11. The molecule has 1 aliphatic carbocycles. The van der Waals surface area contributed by atoms with Crippen molar-refractivity contribution in [3.63, 3.8) is 0 Å². The standard InChI is InChI=1S/C59H39N3/c1-59(2)51-32-28-37-17-8-9-20-42(37)55(51)48-29-27-40(34-52(48)59)43-24-14-25-47-50-33-38-18-6-7-19-39(38)35-54(50)62(57(43)47)58-60-53-26-13-12-23-49(53)56(61-58)46-31-30-41(36-15-4-3-5-16-36)44-21-10-11-22-45(44)46/h3-35H,1-2H3. The number of hydrogen-bond donors (Lipinski definition) is 0. The van der Waals surface area contributed by atoms with E-state index in [-0.39, 0.29) is 5.41 Å². The first-order valence-corrected chi connectivity index (χ1v) is 21.5. The Morgan fingerprint density at radius 2 is 1.03 bits per heavy atom.